The summed E-state index contributed by atoms with van der Waals surface area (Å²) in [5, 5.41) is 0. The van der Waals surface area contributed by atoms with Crippen LogP contribution in [-0.2, 0) is 13.6 Å². The highest BCUT2D eigenvalue weighted by Crippen LogP contribution is 2.07. The fraction of sp³-hybridized carbons (Fsp3) is 0.875. The van der Waals surface area contributed by atoms with Crippen molar-refractivity contribution in [3.63, 3.8) is 0 Å². The molecule has 0 aromatic rings. The second-order valence-electron chi connectivity index (χ2n) is 3.08. The molecule has 0 spiro atoms. The van der Waals surface area contributed by atoms with E-state index in [1.807, 2.05) is 20.0 Å². The van der Waals surface area contributed by atoms with Gasteiger partial charge in [-0.3, -0.25) is 4.79 Å². The molecule has 0 N–H and O–H groups in total. The Kier molecular flexibility index (Phi) is 5.16. The summed E-state index contributed by atoms with van der Waals surface area (Å²) in [6.45, 7) is 8.27. The highest BCUT2D eigenvalue weighted by molar-refractivity contribution is 6.66. The summed E-state index contributed by atoms with van der Waals surface area (Å²) in [5.41, 5.74) is 0. The molecule has 0 aromatic carbocycles. The van der Waals surface area contributed by atoms with E-state index in [4.69, 9.17) is 8.85 Å². The topological polar surface area (TPSA) is 35.5 Å². The van der Waals surface area contributed by atoms with E-state index < -0.39 is 8.56 Å². The van der Waals surface area contributed by atoms with E-state index >= 15 is 0 Å². The van der Waals surface area contributed by atoms with E-state index in [0.717, 1.165) is 6.42 Å². The number of carbonyl (C=O) groups excluding carboxylic acids is 1. The van der Waals surface area contributed by atoms with Gasteiger partial charge in [-0.2, -0.15) is 0 Å². The van der Waals surface area contributed by atoms with E-state index in [1.165, 1.54) is 0 Å². The van der Waals surface area contributed by atoms with E-state index in [0.29, 0.717) is 13.0 Å². The van der Waals surface area contributed by atoms with Gasteiger partial charge >= 0.3 is 8.56 Å². The lowest BCUT2D eigenvalue weighted by Gasteiger charge is -2.21. The predicted octanol–water partition coefficient (Wildman–Crippen LogP) is 2.07. The molecule has 0 radical (unpaired) electrons. The van der Waals surface area contributed by atoms with E-state index in [1.54, 1.807) is 6.92 Å². The van der Waals surface area contributed by atoms with E-state index in [-0.39, 0.29) is 5.97 Å². The molecule has 0 atom stereocenters. The Morgan fingerprint density at radius 1 is 1.33 bits per heavy atom. The number of hydrogen-bond acceptors (Lipinski definition) is 3. The van der Waals surface area contributed by atoms with Crippen LogP contribution in [0.25, 0.3) is 0 Å². The first-order valence-corrected chi connectivity index (χ1v) is 7.19. The maximum absolute atomic E-state index is 10.9. The van der Waals surface area contributed by atoms with Gasteiger partial charge in [-0.25, -0.2) is 0 Å². The summed E-state index contributed by atoms with van der Waals surface area (Å²) in [5.74, 6) is -0.164. The minimum Gasteiger partial charge on any atom is -0.494 e. The van der Waals surface area contributed by atoms with Crippen molar-refractivity contribution in [2.75, 3.05) is 6.61 Å². The van der Waals surface area contributed by atoms with Crippen LogP contribution in [0.15, 0.2) is 0 Å². The van der Waals surface area contributed by atoms with Crippen molar-refractivity contribution < 1.29 is 13.6 Å². The average molecular weight is 190 g/mol. The molecule has 0 rings (SSSR count). The molecule has 3 nitrogen and oxygen atoms in total. The SMILES string of the molecule is CCCO[Si](C)(C)OC(=O)CC. The molecule has 0 aliphatic carbocycles. The molecule has 12 heavy (non-hydrogen) atoms. The summed E-state index contributed by atoms with van der Waals surface area (Å²) in [4.78, 5) is 10.9. The third-order valence-corrected chi connectivity index (χ3v) is 2.92. The second kappa shape index (κ2) is 5.32. The average Bonchev–Trinajstić information content (AvgIpc) is 2.00. The summed E-state index contributed by atoms with van der Waals surface area (Å²) in [6, 6.07) is 0. The zero-order valence-electron chi connectivity index (χ0n) is 8.35. The third-order valence-electron chi connectivity index (χ3n) is 1.30. The lowest BCUT2D eigenvalue weighted by molar-refractivity contribution is -0.136. The largest absolute Gasteiger partial charge is 0.494 e. The standard InChI is InChI=1S/C8H18O3Si/c1-5-7-10-12(3,4)11-8(9)6-2/h5-7H2,1-4H3. The van der Waals surface area contributed by atoms with Crippen molar-refractivity contribution in [2.45, 2.75) is 39.8 Å². The second-order valence-corrected chi connectivity index (χ2v) is 6.37. The first-order chi connectivity index (χ1) is 5.52. The molecule has 0 aromatic heterocycles. The highest BCUT2D eigenvalue weighted by atomic mass is 28.4. The number of rotatable bonds is 5. The first kappa shape index (κ1) is 11.6. The maximum atomic E-state index is 10.9. The minimum absolute atomic E-state index is 0.164. The van der Waals surface area contributed by atoms with Crippen LogP contribution in [0.3, 0.4) is 0 Å². The fourth-order valence-electron chi connectivity index (χ4n) is 0.724. The molecule has 0 aliphatic rings. The molecular weight excluding hydrogens is 172 g/mol. The van der Waals surface area contributed by atoms with Crippen LogP contribution >= 0.6 is 0 Å². The van der Waals surface area contributed by atoms with Gasteiger partial charge in [0.2, 0.25) is 0 Å². The van der Waals surface area contributed by atoms with Gasteiger partial charge in [-0.1, -0.05) is 13.8 Å². The smallest absolute Gasteiger partial charge is 0.395 e. The van der Waals surface area contributed by atoms with Gasteiger partial charge in [0.05, 0.1) is 0 Å². The molecule has 72 valence electrons. The van der Waals surface area contributed by atoms with Crippen molar-refractivity contribution in [2.24, 2.45) is 0 Å². The Hall–Kier alpha value is -0.353. The molecule has 0 saturated carbocycles. The minimum atomic E-state index is -2.16. The molecule has 0 aliphatic heterocycles. The monoisotopic (exact) mass is 190 g/mol. The van der Waals surface area contributed by atoms with E-state index in [9.17, 15) is 4.79 Å². The van der Waals surface area contributed by atoms with Crippen LogP contribution in [0, 0.1) is 0 Å². The van der Waals surface area contributed by atoms with Gasteiger partial charge in [-0.15, -0.1) is 0 Å². The summed E-state index contributed by atoms with van der Waals surface area (Å²) in [7, 11) is -2.16. The normalized spacial score (nSPS) is 11.3. The van der Waals surface area contributed by atoms with Crippen molar-refractivity contribution in [1.29, 1.82) is 0 Å². The fourth-order valence-corrected chi connectivity index (χ4v) is 2.17. The molecule has 0 fully saturated rings. The van der Waals surface area contributed by atoms with Crippen molar-refractivity contribution in [1.82, 2.24) is 0 Å². The lowest BCUT2D eigenvalue weighted by atomic mass is 10.5. The lowest BCUT2D eigenvalue weighted by Crippen LogP contribution is -2.37. The molecule has 0 amide bonds. The zero-order chi connectivity index (χ0) is 9.61. The van der Waals surface area contributed by atoms with Crippen molar-refractivity contribution in [3.05, 3.63) is 0 Å². The van der Waals surface area contributed by atoms with E-state index in [2.05, 4.69) is 0 Å². The Morgan fingerprint density at radius 2 is 1.92 bits per heavy atom. The van der Waals surface area contributed by atoms with Crippen LogP contribution in [-0.4, -0.2) is 21.1 Å². The summed E-state index contributed by atoms with van der Waals surface area (Å²) >= 11 is 0. The molecule has 0 heterocycles. The highest BCUT2D eigenvalue weighted by Gasteiger charge is 2.27. The first-order valence-electron chi connectivity index (χ1n) is 4.37. The summed E-state index contributed by atoms with van der Waals surface area (Å²) < 4.78 is 10.6. The van der Waals surface area contributed by atoms with Crippen LogP contribution < -0.4 is 0 Å². The van der Waals surface area contributed by atoms with Crippen LogP contribution in [0.2, 0.25) is 13.1 Å². The van der Waals surface area contributed by atoms with Crippen molar-refractivity contribution in [3.8, 4) is 0 Å². The Bertz CT molecular complexity index is 145. The molecular formula is C8H18O3Si. The quantitative estimate of drug-likeness (QED) is 0.623. The Labute approximate surface area is 75.3 Å². The Morgan fingerprint density at radius 3 is 2.33 bits per heavy atom. The number of hydrogen-bond donors (Lipinski definition) is 0. The van der Waals surface area contributed by atoms with Gasteiger partial charge in [0.15, 0.2) is 0 Å². The van der Waals surface area contributed by atoms with Gasteiger partial charge in [0.25, 0.3) is 5.97 Å². The maximum Gasteiger partial charge on any atom is 0.395 e. The summed E-state index contributed by atoms with van der Waals surface area (Å²) in [6.07, 6.45) is 1.38. The third kappa shape index (κ3) is 5.32. The van der Waals surface area contributed by atoms with Crippen LogP contribution in [0.4, 0.5) is 0 Å². The molecule has 4 heteroatoms. The van der Waals surface area contributed by atoms with Gasteiger partial charge in [-0.05, 0) is 19.5 Å². The van der Waals surface area contributed by atoms with Crippen LogP contribution in [0.5, 0.6) is 0 Å². The molecule has 0 bridgehead atoms. The van der Waals surface area contributed by atoms with Gasteiger partial charge in [0.1, 0.15) is 0 Å². The zero-order valence-corrected chi connectivity index (χ0v) is 9.35. The predicted molar refractivity (Wildman–Crippen MR) is 50.1 cm³/mol. The molecule has 0 unspecified atom stereocenters. The Balaban J connectivity index is 3.77. The number of carbonyl (C=O) groups is 1. The van der Waals surface area contributed by atoms with Gasteiger partial charge in [0, 0.05) is 13.0 Å². The van der Waals surface area contributed by atoms with Crippen LogP contribution in [0.1, 0.15) is 26.7 Å². The van der Waals surface area contributed by atoms with Gasteiger partial charge < -0.3 is 8.85 Å². The van der Waals surface area contributed by atoms with Crippen molar-refractivity contribution >= 4 is 14.5 Å². The molecule has 0 saturated heterocycles.